The van der Waals surface area contributed by atoms with Crippen LogP contribution in [0.25, 0.3) is 0 Å². The van der Waals surface area contributed by atoms with Crippen LogP contribution in [0.2, 0.25) is 5.02 Å². The number of thiophene rings is 1. The van der Waals surface area contributed by atoms with E-state index in [0.29, 0.717) is 6.42 Å². The Balaban J connectivity index is 2.20. The first kappa shape index (κ1) is 13.0. The molecule has 0 bridgehead atoms. The molecule has 1 aromatic carbocycles. The van der Waals surface area contributed by atoms with Crippen LogP contribution in [0.15, 0.2) is 34.1 Å². The Labute approximate surface area is 116 Å². The summed E-state index contributed by atoms with van der Waals surface area (Å²) >= 11 is 10.5. The van der Waals surface area contributed by atoms with E-state index in [1.165, 1.54) is 17.4 Å². The lowest BCUT2D eigenvalue weighted by atomic mass is 10.1. The summed E-state index contributed by atoms with van der Waals surface area (Å²) in [5, 5.41) is 10.0. The molecule has 0 saturated heterocycles. The second kappa shape index (κ2) is 5.48. The van der Waals surface area contributed by atoms with Crippen molar-refractivity contribution in [3.8, 4) is 0 Å². The van der Waals surface area contributed by atoms with Gasteiger partial charge in [-0.3, -0.25) is 0 Å². The van der Waals surface area contributed by atoms with E-state index in [9.17, 15) is 9.50 Å². The first-order chi connectivity index (χ1) is 8.08. The molecule has 90 valence electrons. The maximum atomic E-state index is 13.7. The summed E-state index contributed by atoms with van der Waals surface area (Å²) in [4.78, 5) is 0.990. The molecule has 0 amide bonds. The van der Waals surface area contributed by atoms with Gasteiger partial charge in [0, 0.05) is 16.9 Å². The minimum absolute atomic E-state index is 0.0360. The predicted octanol–water partition coefficient (Wildman–Crippen LogP) is 4.58. The van der Waals surface area contributed by atoms with Gasteiger partial charge >= 0.3 is 0 Å². The zero-order valence-corrected chi connectivity index (χ0v) is 11.8. The molecule has 17 heavy (non-hydrogen) atoms. The van der Waals surface area contributed by atoms with Crippen molar-refractivity contribution in [1.29, 1.82) is 0 Å². The highest BCUT2D eigenvalue weighted by molar-refractivity contribution is 9.11. The predicted molar refractivity (Wildman–Crippen MR) is 72.1 cm³/mol. The highest BCUT2D eigenvalue weighted by Gasteiger charge is 2.16. The lowest BCUT2D eigenvalue weighted by molar-refractivity contribution is 0.174. The van der Waals surface area contributed by atoms with Crippen LogP contribution in [0.4, 0.5) is 4.39 Å². The Bertz CT molecular complexity index is 529. The van der Waals surface area contributed by atoms with Gasteiger partial charge in [0.25, 0.3) is 0 Å². The maximum Gasteiger partial charge on any atom is 0.147 e. The van der Waals surface area contributed by atoms with Crippen molar-refractivity contribution in [2.75, 3.05) is 0 Å². The molecule has 1 atom stereocenters. The monoisotopic (exact) mass is 334 g/mol. The zero-order valence-electron chi connectivity index (χ0n) is 8.66. The SMILES string of the molecule is OC(Cc1ccc(Br)s1)c1cccc(Cl)c1F. The average molecular weight is 336 g/mol. The van der Waals surface area contributed by atoms with Crippen LogP contribution < -0.4 is 0 Å². The molecular formula is C12H9BrClFOS. The van der Waals surface area contributed by atoms with Gasteiger partial charge in [0.2, 0.25) is 0 Å². The quantitative estimate of drug-likeness (QED) is 0.870. The van der Waals surface area contributed by atoms with Crippen molar-refractivity contribution in [3.63, 3.8) is 0 Å². The van der Waals surface area contributed by atoms with Crippen molar-refractivity contribution in [2.24, 2.45) is 0 Å². The first-order valence-electron chi connectivity index (χ1n) is 4.94. The lowest BCUT2D eigenvalue weighted by Gasteiger charge is -2.11. The number of aliphatic hydroxyl groups excluding tert-OH is 1. The minimum atomic E-state index is -0.876. The molecule has 1 aromatic heterocycles. The molecule has 0 aliphatic heterocycles. The van der Waals surface area contributed by atoms with E-state index in [2.05, 4.69) is 15.9 Å². The number of hydrogen-bond acceptors (Lipinski definition) is 2. The summed E-state index contributed by atoms with van der Waals surface area (Å²) in [7, 11) is 0. The smallest absolute Gasteiger partial charge is 0.147 e. The minimum Gasteiger partial charge on any atom is -0.388 e. The Morgan fingerprint density at radius 3 is 2.76 bits per heavy atom. The fourth-order valence-electron chi connectivity index (χ4n) is 1.54. The van der Waals surface area contributed by atoms with E-state index in [1.807, 2.05) is 12.1 Å². The fourth-order valence-corrected chi connectivity index (χ4v) is 3.24. The number of benzene rings is 1. The van der Waals surface area contributed by atoms with E-state index in [4.69, 9.17) is 11.6 Å². The van der Waals surface area contributed by atoms with Gasteiger partial charge < -0.3 is 5.11 Å². The molecule has 0 aliphatic carbocycles. The summed E-state index contributed by atoms with van der Waals surface area (Å²) in [6, 6.07) is 8.46. The van der Waals surface area contributed by atoms with Crippen LogP contribution in [0, 0.1) is 5.82 Å². The van der Waals surface area contributed by atoms with E-state index < -0.39 is 11.9 Å². The zero-order chi connectivity index (χ0) is 12.4. The molecule has 2 rings (SSSR count). The number of halogens is 3. The second-order valence-corrected chi connectivity index (χ2v) is 6.52. The van der Waals surface area contributed by atoms with Gasteiger partial charge in [-0.05, 0) is 34.1 Å². The molecule has 0 fully saturated rings. The third kappa shape index (κ3) is 3.07. The van der Waals surface area contributed by atoms with Crippen LogP contribution in [0.3, 0.4) is 0 Å². The summed E-state index contributed by atoms with van der Waals surface area (Å²) < 4.78 is 14.7. The summed E-state index contributed by atoms with van der Waals surface area (Å²) in [6.45, 7) is 0. The Morgan fingerprint density at radius 1 is 1.35 bits per heavy atom. The van der Waals surface area contributed by atoms with Gasteiger partial charge in [-0.15, -0.1) is 11.3 Å². The summed E-state index contributed by atoms with van der Waals surface area (Å²) in [5.41, 5.74) is 0.238. The van der Waals surface area contributed by atoms with Crippen LogP contribution in [0.1, 0.15) is 16.5 Å². The Morgan fingerprint density at radius 2 is 2.12 bits per heavy atom. The van der Waals surface area contributed by atoms with Crippen molar-refractivity contribution in [3.05, 3.63) is 55.4 Å². The molecule has 1 unspecified atom stereocenters. The lowest BCUT2D eigenvalue weighted by Crippen LogP contribution is -2.03. The number of hydrogen-bond donors (Lipinski definition) is 1. The average Bonchev–Trinajstić information content (AvgIpc) is 2.68. The van der Waals surface area contributed by atoms with Gasteiger partial charge in [0.15, 0.2) is 0 Å². The first-order valence-corrected chi connectivity index (χ1v) is 6.93. The van der Waals surface area contributed by atoms with Crippen LogP contribution >= 0.6 is 38.9 Å². The molecule has 1 N–H and O–H groups in total. The van der Waals surface area contributed by atoms with E-state index in [-0.39, 0.29) is 10.6 Å². The van der Waals surface area contributed by atoms with Gasteiger partial charge in [-0.25, -0.2) is 4.39 Å². The van der Waals surface area contributed by atoms with Gasteiger partial charge in [0.1, 0.15) is 5.82 Å². The van der Waals surface area contributed by atoms with Crippen molar-refractivity contribution < 1.29 is 9.50 Å². The normalized spacial score (nSPS) is 12.7. The number of aliphatic hydroxyl groups is 1. The highest BCUT2D eigenvalue weighted by Crippen LogP contribution is 2.29. The van der Waals surface area contributed by atoms with E-state index in [1.54, 1.807) is 12.1 Å². The molecule has 2 aromatic rings. The van der Waals surface area contributed by atoms with Crippen molar-refractivity contribution in [2.45, 2.75) is 12.5 Å². The van der Waals surface area contributed by atoms with Gasteiger partial charge in [-0.1, -0.05) is 23.7 Å². The van der Waals surface area contributed by atoms with Gasteiger partial charge in [0.05, 0.1) is 14.9 Å². The molecule has 1 nitrogen and oxygen atoms in total. The summed E-state index contributed by atoms with van der Waals surface area (Å²) in [6.07, 6.45) is -0.493. The molecule has 0 aliphatic rings. The van der Waals surface area contributed by atoms with Crippen LogP contribution in [0.5, 0.6) is 0 Å². The van der Waals surface area contributed by atoms with Crippen molar-refractivity contribution >= 4 is 38.9 Å². The van der Waals surface area contributed by atoms with Gasteiger partial charge in [-0.2, -0.15) is 0 Å². The fraction of sp³-hybridized carbons (Fsp3) is 0.167. The number of rotatable bonds is 3. The molecule has 5 heteroatoms. The largest absolute Gasteiger partial charge is 0.388 e. The maximum absolute atomic E-state index is 13.7. The molecule has 0 saturated carbocycles. The molecule has 0 spiro atoms. The third-order valence-electron chi connectivity index (χ3n) is 2.36. The topological polar surface area (TPSA) is 20.2 Å². The summed E-state index contributed by atoms with van der Waals surface area (Å²) in [5.74, 6) is -0.544. The molecular weight excluding hydrogens is 327 g/mol. The van der Waals surface area contributed by atoms with E-state index in [0.717, 1.165) is 8.66 Å². The van der Waals surface area contributed by atoms with Crippen molar-refractivity contribution in [1.82, 2.24) is 0 Å². The Hall–Kier alpha value is -0.420. The van der Waals surface area contributed by atoms with Crippen LogP contribution in [-0.4, -0.2) is 5.11 Å². The Kier molecular flexibility index (Phi) is 4.20. The molecule has 0 radical (unpaired) electrons. The standard InChI is InChI=1S/C12H9BrClFOS/c13-11-5-4-7(17-11)6-10(16)8-2-1-3-9(14)12(8)15/h1-5,10,16H,6H2. The molecule has 1 heterocycles. The van der Waals surface area contributed by atoms with Crippen LogP contribution in [-0.2, 0) is 6.42 Å². The van der Waals surface area contributed by atoms with E-state index >= 15 is 0 Å². The highest BCUT2D eigenvalue weighted by atomic mass is 79.9. The third-order valence-corrected chi connectivity index (χ3v) is 4.30. The second-order valence-electron chi connectivity index (χ2n) is 3.57.